The van der Waals surface area contributed by atoms with Gasteiger partial charge in [0.1, 0.15) is 0 Å². The van der Waals surface area contributed by atoms with E-state index in [0.29, 0.717) is 6.04 Å². The van der Waals surface area contributed by atoms with Crippen LogP contribution >= 0.6 is 23.4 Å². The Hall–Kier alpha value is -1.04. The summed E-state index contributed by atoms with van der Waals surface area (Å²) in [5.41, 5.74) is 1.05. The molecule has 0 saturated carbocycles. The van der Waals surface area contributed by atoms with E-state index in [0.717, 1.165) is 34.1 Å². The quantitative estimate of drug-likeness (QED) is 0.851. The van der Waals surface area contributed by atoms with Crippen LogP contribution in [0.4, 0.5) is 0 Å². The minimum atomic E-state index is 0.515. The second kappa shape index (κ2) is 5.15. The smallest absolute Gasteiger partial charge is 0.193 e. The first-order valence-corrected chi connectivity index (χ1v) is 7.57. The molecule has 0 bridgehead atoms. The summed E-state index contributed by atoms with van der Waals surface area (Å²) in [4.78, 5) is 2.39. The summed E-state index contributed by atoms with van der Waals surface area (Å²) in [5, 5.41) is 10.3. The summed E-state index contributed by atoms with van der Waals surface area (Å²) in [6, 6.07) is 8.25. The van der Waals surface area contributed by atoms with Crippen molar-refractivity contribution in [3.8, 4) is 11.4 Å². The van der Waals surface area contributed by atoms with E-state index in [1.165, 1.54) is 0 Å². The Kier molecular flexibility index (Phi) is 3.52. The molecule has 0 N–H and O–H groups in total. The molecule has 3 rings (SSSR count). The monoisotopic (exact) mass is 294 g/mol. The summed E-state index contributed by atoms with van der Waals surface area (Å²) in [6.07, 6.45) is 0. The van der Waals surface area contributed by atoms with E-state index in [9.17, 15) is 0 Å². The number of fused-ring (bicyclic) bond motifs is 1. The molecule has 2 aromatic rings. The van der Waals surface area contributed by atoms with Crippen LogP contribution in [-0.2, 0) is 6.67 Å². The predicted octanol–water partition coefficient (Wildman–Crippen LogP) is 3.33. The molecule has 0 unspecified atom stereocenters. The molecule has 0 amide bonds. The van der Waals surface area contributed by atoms with Crippen molar-refractivity contribution in [3.05, 3.63) is 29.3 Å². The number of nitrogens with zero attached hydrogens (tertiary/aromatic N) is 4. The average molecular weight is 295 g/mol. The second-order valence-corrected chi connectivity index (χ2v) is 6.19. The van der Waals surface area contributed by atoms with Gasteiger partial charge in [-0.2, -0.15) is 0 Å². The van der Waals surface area contributed by atoms with E-state index in [1.54, 1.807) is 11.8 Å². The molecule has 0 atom stereocenters. The topological polar surface area (TPSA) is 34.0 Å². The van der Waals surface area contributed by atoms with Gasteiger partial charge in [0.2, 0.25) is 0 Å². The molecule has 0 radical (unpaired) electrons. The third kappa shape index (κ3) is 2.50. The van der Waals surface area contributed by atoms with Gasteiger partial charge < -0.3 is 0 Å². The first kappa shape index (κ1) is 13.0. The van der Waals surface area contributed by atoms with Crippen molar-refractivity contribution in [2.45, 2.75) is 31.7 Å². The van der Waals surface area contributed by atoms with E-state index in [4.69, 9.17) is 11.6 Å². The summed E-state index contributed by atoms with van der Waals surface area (Å²) in [7, 11) is 0. The van der Waals surface area contributed by atoms with Gasteiger partial charge in [-0.1, -0.05) is 23.4 Å². The highest BCUT2D eigenvalue weighted by molar-refractivity contribution is 7.99. The molecule has 0 aliphatic carbocycles. The van der Waals surface area contributed by atoms with Gasteiger partial charge in [0.05, 0.1) is 12.5 Å². The van der Waals surface area contributed by atoms with Crippen molar-refractivity contribution < 1.29 is 0 Å². The minimum Gasteiger partial charge on any atom is -0.288 e. The number of thioether (sulfide) groups is 1. The van der Waals surface area contributed by atoms with Crippen molar-refractivity contribution in [1.82, 2.24) is 19.7 Å². The lowest BCUT2D eigenvalue weighted by Gasteiger charge is -2.30. The molecule has 2 heterocycles. The lowest BCUT2D eigenvalue weighted by molar-refractivity contribution is 0.193. The van der Waals surface area contributed by atoms with Crippen LogP contribution in [0.15, 0.2) is 29.4 Å². The maximum atomic E-state index is 5.93. The molecule has 1 aromatic heterocycles. The van der Waals surface area contributed by atoms with Crippen LogP contribution < -0.4 is 0 Å². The van der Waals surface area contributed by atoms with Crippen LogP contribution in [0.1, 0.15) is 13.8 Å². The van der Waals surface area contributed by atoms with E-state index >= 15 is 0 Å². The van der Waals surface area contributed by atoms with Crippen molar-refractivity contribution in [1.29, 1.82) is 0 Å². The largest absolute Gasteiger partial charge is 0.288 e. The van der Waals surface area contributed by atoms with Crippen molar-refractivity contribution in [2.24, 2.45) is 0 Å². The van der Waals surface area contributed by atoms with Crippen molar-refractivity contribution in [3.63, 3.8) is 0 Å². The molecular formula is C13H15ClN4S. The van der Waals surface area contributed by atoms with Crippen LogP contribution in [0.5, 0.6) is 0 Å². The second-order valence-electron chi connectivity index (χ2n) is 4.84. The number of rotatable bonds is 2. The normalized spacial score (nSPS) is 15.8. The SMILES string of the molecule is CC(C)N1CSc2nnc(-c3ccc(Cl)cc3)n2C1. The Morgan fingerprint density at radius 1 is 1.21 bits per heavy atom. The fraction of sp³-hybridized carbons (Fsp3) is 0.385. The van der Waals surface area contributed by atoms with Crippen molar-refractivity contribution in [2.75, 3.05) is 5.88 Å². The Balaban J connectivity index is 1.97. The Labute approximate surface area is 121 Å². The maximum Gasteiger partial charge on any atom is 0.193 e. The molecule has 1 aliphatic rings. The highest BCUT2D eigenvalue weighted by Crippen LogP contribution is 2.30. The zero-order valence-corrected chi connectivity index (χ0v) is 12.4. The summed E-state index contributed by atoms with van der Waals surface area (Å²) in [6.45, 7) is 5.25. The van der Waals surface area contributed by atoms with Crippen LogP contribution in [0, 0.1) is 0 Å². The standard InChI is InChI=1S/C13H15ClN4S/c1-9(2)17-7-18-12(15-16-13(18)19-8-17)10-3-5-11(14)6-4-10/h3-6,9H,7-8H2,1-2H3. The highest BCUT2D eigenvalue weighted by Gasteiger charge is 2.23. The molecule has 0 spiro atoms. The molecule has 0 fully saturated rings. The van der Waals surface area contributed by atoms with Gasteiger partial charge in [-0.3, -0.25) is 9.47 Å². The number of hydrogen-bond donors (Lipinski definition) is 0. The van der Waals surface area contributed by atoms with Gasteiger partial charge in [-0.05, 0) is 38.1 Å². The van der Waals surface area contributed by atoms with Crippen LogP contribution in [0.25, 0.3) is 11.4 Å². The van der Waals surface area contributed by atoms with Crippen LogP contribution in [0.2, 0.25) is 5.02 Å². The van der Waals surface area contributed by atoms with Gasteiger partial charge in [0.15, 0.2) is 11.0 Å². The molecule has 100 valence electrons. The van der Waals surface area contributed by atoms with Crippen LogP contribution in [-0.4, -0.2) is 31.6 Å². The number of hydrogen-bond acceptors (Lipinski definition) is 4. The summed E-state index contributed by atoms with van der Waals surface area (Å²) >= 11 is 7.66. The Morgan fingerprint density at radius 2 is 1.95 bits per heavy atom. The van der Waals surface area contributed by atoms with E-state index in [2.05, 4.69) is 33.5 Å². The number of halogens is 1. The fourth-order valence-electron chi connectivity index (χ4n) is 2.01. The third-order valence-electron chi connectivity index (χ3n) is 3.23. The summed E-state index contributed by atoms with van der Waals surface area (Å²) < 4.78 is 2.16. The average Bonchev–Trinajstić information content (AvgIpc) is 2.82. The molecule has 1 aromatic carbocycles. The third-order valence-corrected chi connectivity index (χ3v) is 4.51. The minimum absolute atomic E-state index is 0.515. The molecule has 1 aliphatic heterocycles. The van der Waals surface area contributed by atoms with Crippen molar-refractivity contribution >= 4 is 23.4 Å². The van der Waals surface area contributed by atoms with E-state index < -0.39 is 0 Å². The van der Waals surface area contributed by atoms with E-state index in [1.807, 2.05) is 24.3 Å². The Morgan fingerprint density at radius 3 is 2.63 bits per heavy atom. The zero-order chi connectivity index (χ0) is 13.4. The molecule has 6 heteroatoms. The fourth-order valence-corrected chi connectivity index (χ4v) is 3.20. The molecule has 19 heavy (non-hydrogen) atoms. The maximum absolute atomic E-state index is 5.93. The first-order valence-electron chi connectivity index (χ1n) is 6.21. The van der Waals surface area contributed by atoms with Gasteiger partial charge in [0, 0.05) is 16.6 Å². The lowest BCUT2D eigenvalue weighted by Crippen LogP contribution is -2.35. The predicted molar refractivity (Wildman–Crippen MR) is 78.2 cm³/mol. The van der Waals surface area contributed by atoms with Gasteiger partial charge in [-0.15, -0.1) is 10.2 Å². The number of aromatic nitrogens is 3. The highest BCUT2D eigenvalue weighted by atomic mass is 35.5. The van der Waals surface area contributed by atoms with E-state index in [-0.39, 0.29) is 0 Å². The lowest BCUT2D eigenvalue weighted by atomic mass is 10.2. The van der Waals surface area contributed by atoms with Crippen LogP contribution in [0.3, 0.4) is 0 Å². The molecule has 4 nitrogen and oxygen atoms in total. The Bertz CT molecular complexity index is 579. The van der Waals surface area contributed by atoms with Gasteiger partial charge >= 0.3 is 0 Å². The first-order chi connectivity index (χ1) is 9.15. The number of benzene rings is 1. The van der Waals surface area contributed by atoms with Gasteiger partial charge in [0.25, 0.3) is 0 Å². The van der Waals surface area contributed by atoms with Gasteiger partial charge in [-0.25, -0.2) is 0 Å². The summed E-state index contributed by atoms with van der Waals surface area (Å²) in [5.74, 6) is 1.88. The zero-order valence-electron chi connectivity index (χ0n) is 10.9. The molecular weight excluding hydrogens is 280 g/mol. The molecule has 0 saturated heterocycles.